The zero-order chi connectivity index (χ0) is 22.9. The highest BCUT2D eigenvalue weighted by Crippen LogP contribution is 2.44. The Morgan fingerprint density at radius 3 is 2.91 bits per heavy atom. The first kappa shape index (κ1) is 19.5. The molecule has 2 atom stereocenters. The SMILES string of the molecule is Cc1cnc2n1C1CCn3nc(C#N)c(c31)-c1cnc(N)c(c1)O[C@H](C)c1cc(F)ccc1-2. The van der Waals surface area contributed by atoms with Gasteiger partial charge in [-0.3, -0.25) is 4.68 Å². The molecule has 0 amide bonds. The highest BCUT2D eigenvalue weighted by molar-refractivity contribution is 5.75. The van der Waals surface area contributed by atoms with E-state index in [0.717, 1.165) is 34.8 Å². The van der Waals surface area contributed by atoms with Gasteiger partial charge in [0.1, 0.15) is 23.8 Å². The minimum atomic E-state index is -0.527. The number of nitrogens with zero attached hydrogens (tertiary/aromatic N) is 6. The van der Waals surface area contributed by atoms with E-state index in [1.165, 1.54) is 12.1 Å². The number of imidazole rings is 1. The van der Waals surface area contributed by atoms with Gasteiger partial charge in [0, 0.05) is 46.9 Å². The number of aromatic nitrogens is 5. The lowest BCUT2D eigenvalue weighted by molar-refractivity contribution is 0.227. The third kappa shape index (κ3) is 2.77. The molecule has 1 aromatic carbocycles. The number of hydrogen-bond acceptors (Lipinski definition) is 6. The average Bonchev–Trinajstić information content (AvgIpc) is 3.47. The molecule has 0 saturated carbocycles. The summed E-state index contributed by atoms with van der Waals surface area (Å²) in [6.45, 7) is 4.51. The Bertz CT molecular complexity index is 1480. The third-order valence-electron chi connectivity index (χ3n) is 6.49. The van der Waals surface area contributed by atoms with Crippen LogP contribution in [0.15, 0.2) is 36.7 Å². The van der Waals surface area contributed by atoms with Gasteiger partial charge in [0.2, 0.25) is 0 Å². The molecule has 4 aromatic rings. The highest BCUT2D eigenvalue weighted by Gasteiger charge is 2.35. The van der Waals surface area contributed by atoms with E-state index in [9.17, 15) is 9.65 Å². The molecule has 9 heteroatoms. The summed E-state index contributed by atoms with van der Waals surface area (Å²) in [5.74, 6) is 0.953. The Hall–Kier alpha value is -4.19. The number of halogens is 1. The lowest BCUT2D eigenvalue weighted by atomic mass is 9.98. The van der Waals surface area contributed by atoms with E-state index in [1.54, 1.807) is 18.3 Å². The maximum atomic E-state index is 14.3. The molecule has 0 radical (unpaired) electrons. The van der Waals surface area contributed by atoms with E-state index in [4.69, 9.17) is 15.5 Å². The van der Waals surface area contributed by atoms with Crippen molar-refractivity contribution < 1.29 is 9.13 Å². The van der Waals surface area contributed by atoms with Crippen molar-refractivity contribution in [2.75, 3.05) is 5.73 Å². The van der Waals surface area contributed by atoms with E-state index in [2.05, 4.69) is 20.7 Å². The number of pyridine rings is 1. The van der Waals surface area contributed by atoms with Crippen LogP contribution in [0.25, 0.3) is 22.5 Å². The van der Waals surface area contributed by atoms with Crippen molar-refractivity contribution in [2.24, 2.45) is 0 Å². The molecule has 0 fully saturated rings. The fourth-order valence-electron chi connectivity index (χ4n) is 5.03. The predicted octanol–water partition coefficient (Wildman–Crippen LogP) is 4.16. The first-order valence-corrected chi connectivity index (χ1v) is 10.7. The molecule has 6 rings (SSSR count). The Kier molecular flexibility index (Phi) is 4.08. The van der Waals surface area contributed by atoms with Crippen molar-refractivity contribution in [3.8, 4) is 34.3 Å². The molecular formula is C24H20FN7O. The first-order chi connectivity index (χ1) is 16.0. The van der Waals surface area contributed by atoms with Gasteiger partial charge in [0.15, 0.2) is 17.3 Å². The molecule has 0 spiro atoms. The molecule has 2 aliphatic rings. The summed E-state index contributed by atoms with van der Waals surface area (Å²) in [5, 5.41) is 14.4. The standard InChI is InChI=1S/C24H20FN7O/c1-12-10-29-24-16-4-3-15(25)8-17(16)13(2)33-20-7-14(11-28-23(20)27)21-18(9-26)30-31-6-5-19(22(21)31)32(12)24/h3-4,7-8,10-11,13,19H,5-6H2,1-2H3,(H2,27,28)/t13-,19?/m1/s1. The van der Waals surface area contributed by atoms with Crippen molar-refractivity contribution >= 4 is 5.82 Å². The molecule has 8 nitrogen and oxygen atoms in total. The van der Waals surface area contributed by atoms with Crippen LogP contribution in [0.3, 0.4) is 0 Å². The summed E-state index contributed by atoms with van der Waals surface area (Å²) in [7, 11) is 0. The van der Waals surface area contributed by atoms with Crippen LogP contribution in [0.1, 0.15) is 48.1 Å². The Balaban J connectivity index is 1.72. The van der Waals surface area contributed by atoms with E-state index in [1.807, 2.05) is 24.7 Å². The van der Waals surface area contributed by atoms with Crippen LogP contribution < -0.4 is 10.5 Å². The maximum absolute atomic E-state index is 14.3. The van der Waals surface area contributed by atoms with Gasteiger partial charge in [-0.2, -0.15) is 10.4 Å². The molecule has 5 heterocycles. The van der Waals surface area contributed by atoms with E-state index in [-0.39, 0.29) is 17.7 Å². The molecule has 2 aliphatic heterocycles. The highest BCUT2D eigenvalue weighted by atomic mass is 19.1. The number of hydrogen-bond donors (Lipinski definition) is 1. The van der Waals surface area contributed by atoms with Gasteiger partial charge >= 0.3 is 0 Å². The fourth-order valence-corrected chi connectivity index (χ4v) is 5.03. The number of nitrogen functional groups attached to an aromatic ring is 1. The average molecular weight is 441 g/mol. The lowest BCUT2D eigenvalue weighted by Gasteiger charge is -2.24. The second-order valence-electron chi connectivity index (χ2n) is 8.44. The minimum Gasteiger partial charge on any atom is -0.482 e. The van der Waals surface area contributed by atoms with Crippen LogP contribution >= 0.6 is 0 Å². The van der Waals surface area contributed by atoms with Crippen LogP contribution in [0, 0.1) is 24.1 Å². The monoisotopic (exact) mass is 441 g/mol. The predicted molar refractivity (Wildman–Crippen MR) is 119 cm³/mol. The van der Waals surface area contributed by atoms with Crippen LogP contribution in [0.4, 0.5) is 10.2 Å². The summed E-state index contributed by atoms with van der Waals surface area (Å²) >= 11 is 0. The van der Waals surface area contributed by atoms with Gasteiger partial charge in [0.05, 0.1) is 11.7 Å². The number of fused-ring (bicyclic) bond motifs is 7. The van der Waals surface area contributed by atoms with Gasteiger partial charge in [-0.1, -0.05) is 0 Å². The fraction of sp³-hybridized carbons (Fsp3) is 0.250. The van der Waals surface area contributed by atoms with Gasteiger partial charge in [-0.15, -0.1) is 0 Å². The number of nitrogens with two attached hydrogens (primary N) is 1. The summed E-state index contributed by atoms with van der Waals surface area (Å²) < 4.78 is 24.6. The van der Waals surface area contributed by atoms with E-state index < -0.39 is 6.10 Å². The summed E-state index contributed by atoms with van der Waals surface area (Å²) in [6.07, 6.45) is 3.73. The van der Waals surface area contributed by atoms with Crippen LogP contribution in [-0.4, -0.2) is 24.3 Å². The normalized spacial score (nSPS) is 18.2. The zero-order valence-electron chi connectivity index (χ0n) is 18.1. The molecule has 0 aliphatic carbocycles. The van der Waals surface area contributed by atoms with Crippen molar-refractivity contribution in [3.05, 3.63) is 65.1 Å². The Labute approximate surface area is 189 Å². The Morgan fingerprint density at radius 1 is 1.24 bits per heavy atom. The van der Waals surface area contributed by atoms with Crippen molar-refractivity contribution in [1.29, 1.82) is 5.26 Å². The zero-order valence-corrected chi connectivity index (χ0v) is 18.1. The minimum absolute atomic E-state index is 0.0957. The molecule has 2 bridgehead atoms. The van der Waals surface area contributed by atoms with Crippen molar-refractivity contribution in [3.63, 3.8) is 0 Å². The molecule has 33 heavy (non-hydrogen) atoms. The summed E-state index contributed by atoms with van der Waals surface area (Å²) in [4.78, 5) is 9.04. The second kappa shape index (κ2) is 6.90. The second-order valence-corrected chi connectivity index (χ2v) is 8.44. The summed E-state index contributed by atoms with van der Waals surface area (Å²) in [6, 6.07) is 8.57. The van der Waals surface area contributed by atoms with Crippen LogP contribution in [0.5, 0.6) is 5.75 Å². The molecule has 164 valence electrons. The number of nitriles is 1. The number of anilines is 1. The molecule has 0 saturated heterocycles. The van der Waals surface area contributed by atoms with Gasteiger partial charge in [-0.05, 0) is 44.5 Å². The van der Waals surface area contributed by atoms with Crippen molar-refractivity contribution in [1.82, 2.24) is 24.3 Å². The topological polar surface area (TPSA) is 108 Å². The number of benzene rings is 1. The first-order valence-electron chi connectivity index (χ1n) is 10.7. The lowest BCUT2D eigenvalue weighted by Crippen LogP contribution is -2.15. The van der Waals surface area contributed by atoms with Crippen LogP contribution in [0.2, 0.25) is 0 Å². The summed E-state index contributed by atoms with van der Waals surface area (Å²) in [5.41, 5.74) is 11.2. The molecule has 3 aromatic heterocycles. The van der Waals surface area contributed by atoms with Gasteiger partial charge in [0.25, 0.3) is 0 Å². The van der Waals surface area contributed by atoms with Gasteiger partial charge in [-0.25, -0.2) is 14.4 Å². The van der Waals surface area contributed by atoms with E-state index >= 15 is 0 Å². The molecule has 1 unspecified atom stereocenters. The Morgan fingerprint density at radius 2 is 2.09 bits per heavy atom. The van der Waals surface area contributed by atoms with Gasteiger partial charge < -0.3 is 15.0 Å². The van der Waals surface area contributed by atoms with Crippen molar-refractivity contribution in [2.45, 2.75) is 39.0 Å². The number of ether oxygens (including phenoxy) is 1. The largest absolute Gasteiger partial charge is 0.482 e. The molecule has 2 N–H and O–H groups in total. The quantitative estimate of drug-likeness (QED) is 0.439. The number of aryl methyl sites for hydroxylation is 2. The van der Waals surface area contributed by atoms with Crippen LogP contribution in [-0.2, 0) is 6.54 Å². The maximum Gasteiger partial charge on any atom is 0.170 e. The third-order valence-corrected chi connectivity index (χ3v) is 6.49. The van der Waals surface area contributed by atoms with E-state index in [0.29, 0.717) is 29.1 Å². The molecular weight excluding hydrogens is 421 g/mol. The smallest absolute Gasteiger partial charge is 0.170 e. The number of rotatable bonds is 0.